The Hall–Kier alpha value is -1.95. The van der Waals surface area contributed by atoms with E-state index >= 15 is 0 Å². The Balaban J connectivity index is 1.84. The zero-order valence-corrected chi connectivity index (χ0v) is 13.7. The van der Waals surface area contributed by atoms with Crippen LogP contribution in [0.15, 0.2) is 47.5 Å². The molecular formula is C17H19FN2O2S. The van der Waals surface area contributed by atoms with Gasteiger partial charge < -0.3 is 5.32 Å². The van der Waals surface area contributed by atoms with E-state index < -0.39 is 9.84 Å². The molecule has 6 heteroatoms. The Bertz CT molecular complexity index is 800. The normalized spacial score (nSPS) is 16.6. The average Bonchev–Trinajstić information content (AvgIpc) is 2.47. The van der Waals surface area contributed by atoms with Crippen molar-refractivity contribution in [1.29, 1.82) is 0 Å². The van der Waals surface area contributed by atoms with Gasteiger partial charge in [0, 0.05) is 24.4 Å². The molecule has 1 N–H and O–H groups in total. The van der Waals surface area contributed by atoms with Crippen LogP contribution in [-0.4, -0.2) is 26.2 Å². The van der Waals surface area contributed by atoms with Crippen molar-refractivity contribution in [3.05, 3.63) is 54.0 Å². The number of nitrogens with one attached hydrogen (secondary N) is 1. The largest absolute Gasteiger partial charge is 0.368 e. The molecule has 0 unspecified atom stereocenters. The summed E-state index contributed by atoms with van der Waals surface area (Å²) < 4.78 is 36.8. The minimum atomic E-state index is -3.33. The van der Waals surface area contributed by atoms with Gasteiger partial charge in [0.05, 0.1) is 0 Å². The van der Waals surface area contributed by atoms with Crippen molar-refractivity contribution in [2.75, 3.05) is 18.1 Å². The predicted molar refractivity (Wildman–Crippen MR) is 87.8 cm³/mol. The predicted octanol–water partition coefficient (Wildman–Crippen LogP) is 3.16. The maximum Gasteiger partial charge on any atom is 0.179 e. The third-order valence-corrected chi connectivity index (χ3v) is 5.66. The fourth-order valence-corrected chi connectivity index (χ4v) is 3.85. The Kier molecular flexibility index (Phi) is 4.10. The lowest BCUT2D eigenvalue weighted by atomic mass is 9.64. The quantitative estimate of drug-likeness (QED) is 0.912. The van der Waals surface area contributed by atoms with E-state index in [1.165, 1.54) is 18.4 Å². The first-order valence-electron chi connectivity index (χ1n) is 7.56. The molecular weight excluding hydrogens is 315 g/mol. The molecule has 1 aliphatic rings. The average molecular weight is 334 g/mol. The maximum absolute atomic E-state index is 13.1. The number of halogens is 1. The number of nitrogens with zero attached hydrogens (tertiary/aromatic N) is 1. The van der Waals surface area contributed by atoms with Crippen molar-refractivity contribution < 1.29 is 12.8 Å². The molecule has 2 aromatic rings. The molecule has 0 atom stereocenters. The molecule has 1 aliphatic carbocycles. The van der Waals surface area contributed by atoms with E-state index in [0.29, 0.717) is 12.4 Å². The van der Waals surface area contributed by atoms with Crippen LogP contribution < -0.4 is 5.32 Å². The van der Waals surface area contributed by atoms with E-state index in [1.54, 1.807) is 18.3 Å². The van der Waals surface area contributed by atoms with E-state index in [-0.39, 0.29) is 16.1 Å². The van der Waals surface area contributed by atoms with Crippen LogP contribution in [0.1, 0.15) is 24.8 Å². The first-order chi connectivity index (χ1) is 10.9. The van der Waals surface area contributed by atoms with Crippen LogP contribution in [0.2, 0.25) is 0 Å². The Morgan fingerprint density at radius 1 is 1.22 bits per heavy atom. The molecule has 0 radical (unpaired) electrons. The third kappa shape index (κ3) is 3.22. The van der Waals surface area contributed by atoms with E-state index in [2.05, 4.69) is 10.3 Å². The Morgan fingerprint density at radius 3 is 2.48 bits per heavy atom. The van der Waals surface area contributed by atoms with Crippen LogP contribution in [0.3, 0.4) is 0 Å². The summed E-state index contributed by atoms with van der Waals surface area (Å²) in [7, 11) is -3.33. The van der Waals surface area contributed by atoms with Crippen molar-refractivity contribution in [3.8, 4) is 0 Å². The number of hydrogen-bond acceptors (Lipinski definition) is 4. The molecule has 0 spiro atoms. The molecule has 1 heterocycles. The van der Waals surface area contributed by atoms with Gasteiger partial charge in [-0.1, -0.05) is 18.6 Å². The second-order valence-electron chi connectivity index (χ2n) is 6.12. The highest BCUT2D eigenvalue weighted by Gasteiger charge is 2.38. The first-order valence-corrected chi connectivity index (χ1v) is 9.45. The Morgan fingerprint density at radius 2 is 1.91 bits per heavy atom. The Labute approximate surface area is 135 Å². The molecule has 1 aromatic carbocycles. The van der Waals surface area contributed by atoms with Crippen molar-refractivity contribution >= 4 is 15.7 Å². The van der Waals surface area contributed by atoms with Crippen LogP contribution in [-0.2, 0) is 15.3 Å². The highest BCUT2D eigenvalue weighted by molar-refractivity contribution is 7.90. The fourth-order valence-electron chi connectivity index (χ4n) is 3.05. The zero-order chi connectivity index (χ0) is 16.5. The van der Waals surface area contributed by atoms with Crippen LogP contribution in [0.25, 0.3) is 0 Å². The van der Waals surface area contributed by atoms with Gasteiger partial charge >= 0.3 is 0 Å². The van der Waals surface area contributed by atoms with Crippen molar-refractivity contribution in [1.82, 2.24) is 4.98 Å². The number of anilines is 1. The van der Waals surface area contributed by atoms with E-state index in [4.69, 9.17) is 0 Å². The van der Waals surface area contributed by atoms with Crippen molar-refractivity contribution in [3.63, 3.8) is 0 Å². The highest BCUT2D eigenvalue weighted by atomic mass is 32.2. The lowest BCUT2D eigenvalue weighted by Crippen LogP contribution is -2.41. The highest BCUT2D eigenvalue weighted by Crippen LogP contribution is 2.43. The van der Waals surface area contributed by atoms with Crippen molar-refractivity contribution in [2.24, 2.45) is 0 Å². The molecule has 3 rings (SSSR count). The van der Waals surface area contributed by atoms with Gasteiger partial charge in [0.25, 0.3) is 0 Å². The van der Waals surface area contributed by atoms with Gasteiger partial charge in [0.15, 0.2) is 9.84 Å². The lowest BCUT2D eigenvalue weighted by Gasteiger charge is -2.42. The van der Waals surface area contributed by atoms with Gasteiger partial charge in [-0.2, -0.15) is 0 Å². The number of benzene rings is 1. The van der Waals surface area contributed by atoms with Crippen molar-refractivity contribution in [2.45, 2.75) is 29.6 Å². The molecule has 1 fully saturated rings. The van der Waals surface area contributed by atoms with E-state index in [9.17, 15) is 12.8 Å². The summed E-state index contributed by atoms with van der Waals surface area (Å²) >= 11 is 0. The minimum absolute atomic E-state index is 0.0833. The van der Waals surface area contributed by atoms with Gasteiger partial charge in [-0.15, -0.1) is 0 Å². The minimum Gasteiger partial charge on any atom is -0.368 e. The number of sulfone groups is 1. The molecule has 1 aromatic heterocycles. The zero-order valence-electron chi connectivity index (χ0n) is 12.9. The summed E-state index contributed by atoms with van der Waals surface area (Å²) in [4.78, 5) is 4.37. The maximum atomic E-state index is 13.1. The van der Waals surface area contributed by atoms with Gasteiger partial charge in [-0.05, 0) is 42.7 Å². The molecule has 23 heavy (non-hydrogen) atoms. The standard InChI is InChI=1S/C17H19FN2O2S/c1-23(21,22)15-4-2-11-19-16(15)20-12-17(9-3-10-17)13-5-7-14(18)8-6-13/h2,4-8,11H,3,9-10,12H2,1H3,(H,19,20). The second kappa shape index (κ2) is 5.92. The summed E-state index contributed by atoms with van der Waals surface area (Å²) in [5.41, 5.74) is 0.995. The fraction of sp³-hybridized carbons (Fsp3) is 0.353. The van der Waals surface area contributed by atoms with Gasteiger partial charge in [0.2, 0.25) is 0 Å². The number of hydrogen-bond donors (Lipinski definition) is 1. The molecule has 0 saturated heterocycles. The summed E-state index contributed by atoms with van der Waals surface area (Å²) in [6, 6.07) is 9.73. The topological polar surface area (TPSA) is 59.1 Å². The summed E-state index contributed by atoms with van der Waals surface area (Å²) in [6.45, 7) is 0.582. The third-order valence-electron chi connectivity index (χ3n) is 4.53. The SMILES string of the molecule is CS(=O)(=O)c1cccnc1NCC1(c2ccc(F)cc2)CCC1. The molecule has 122 valence electrons. The molecule has 0 aliphatic heterocycles. The summed E-state index contributed by atoms with van der Waals surface area (Å²) in [5, 5.41) is 3.19. The summed E-state index contributed by atoms with van der Waals surface area (Å²) in [5.74, 6) is 0.128. The smallest absolute Gasteiger partial charge is 0.179 e. The van der Waals surface area contributed by atoms with Gasteiger partial charge in [-0.3, -0.25) is 0 Å². The van der Waals surface area contributed by atoms with Crippen LogP contribution in [0.4, 0.5) is 10.2 Å². The molecule has 1 saturated carbocycles. The summed E-state index contributed by atoms with van der Waals surface area (Å²) in [6.07, 6.45) is 5.84. The number of rotatable bonds is 5. The monoisotopic (exact) mass is 334 g/mol. The van der Waals surface area contributed by atoms with Crippen LogP contribution in [0.5, 0.6) is 0 Å². The van der Waals surface area contributed by atoms with Crippen LogP contribution in [0, 0.1) is 5.82 Å². The van der Waals surface area contributed by atoms with Crippen LogP contribution >= 0.6 is 0 Å². The van der Waals surface area contributed by atoms with Gasteiger partial charge in [-0.25, -0.2) is 17.8 Å². The van der Waals surface area contributed by atoms with Gasteiger partial charge in [0.1, 0.15) is 16.5 Å². The molecule has 0 amide bonds. The lowest BCUT2D eigenvalue weighted by molar-refractivity contribution is 0.260. The first kappa shape index (κ1) is 15.9. The number of pyridine rings is 1. The second-order valence-corrected chi connectivity index (χ2v) is 8.10. The molecule has 0 bridgehead atoms. The van der Waals surface area contributed by atoms with E-state index in [0.717, 1.165) is 24.8 Å². The number of aromatic nitrogens is 1. The molecule has 4 nitrogen and oxygen atoms in total. The van der Waals surface area contributed by atoms with E-state index in [1.807, 2.05) is 12.1 Å².